The van der Waals surface area contributed by atoms with Crippen molar-refractivity contribution in [3.8, 4) is 16.9 Å². The third-order valence-electron chi connectivity index (χ3n) is 9.06. The quantitative estimate of drug-likeness (QED) is 0.289. The van der Waals surface area contributed by atoms with E-state index in [-0.39, 0.29) is 23.2 Å². The maximum atomic E-state index is 14.1. The Morgan fingerprint density at radius 3 is 2.59 bits per heavy atom. The summed E-state index contributed by atoms with van der Waals surface area (Å²) in [7, 11) is 0. The molecule has 2 aromatic carbocycles. The fourth-order valence-corrected chi connectivity index (χ4v) is 6.82. The highest BCUT2D eigenvalue weighted by Crippen LogP contribution is 2.35. The lowest BCUT2D eigenvalue weighted by atomic mass is 9.85. The number of ether oxygens (including phenoxy) is 1. The first kappa shape index (κ1) is 34.4. The van der Waals surface area contributed by atoms with E-state index in [1.54, 1.807) is 40.2 Å². The molecular weight excluding hydrogens is 667 g/mol. The number of hydrogen-bond acceptors (Lipinski definition) is 8. The van der Waals surface area contributed by atoms with Crippen molar-refractivity contribution in [2.75, 3.05) is 31.1 Å². The van der Waals surface area contributed by atoms with Crippen molar-refractivity contribution >= 4 is 40.9 Å². The van der Waals surface area contributed by atoms with Gasteiger partial charge in [-0.05, 0) is 76.4 Å². The molecule has 1 fully saturated rings. The van der Waals surface area contributed by atoms with Gasteiger partial charge >= 0.3 is 6.09 Å². The topological polar surface area (TPSA) is 127 Å². The van der Waals surface area contributed by atoms with Crippen LogP contribution < -0.4 is 15.8 Å². The lowest BCUT2D eigenvalue weighted by Crippen LogP contribution is -2.60. The zero-order valence-electron chi connectivity index (χ0n) is 28.0. The van der Waals surface area contributed by atoms with Gasteiger partial charge in [-0.15, -0.1) is 5.10 Å². The molecule has 6 rings (SSSR count). The number of nitrogens with one attached hydrogen (secondary N) is 1. The van der Waals surface area contributed by atoms with Gasteiger partial charge < -0.3 is 19.9 Å². The third kappa shape index (κ3) is 7.45. The molecule has 4 heterocycles. The maximum absolute atomic E-state index is 14.1. The average Bonchev–Trinajstić information content (AvgIpc) is 3.50. The van der Waals surface area contributed by atoms with Crippen LogP contribution in [0.5, 0.6) is 0 Å². The maximum Gasteiger partial charge on any atom is 0.410 e. The average molecular weight is 708 g/mol. The Kier molecular flexibility index (Phi) is 9.72. The van der Waals surface area contributed by atoms with Crippen LogP contribution in [0, 0.1) is 0 Å². The van der Waals surface area contributed by atoms with Gasteiger partial charge in [0.05, 0.1) is 36.0 Å². The number of aromatic nitrogens is 5. The summed E-state index contributed by atoms with van der Waals surface area (Å²) in [5, 5.41) is 11.8. The smallest absolute Gasteiger partial charge is 0.410 e. The first-order chi connectivity index (χ1) is 23.3. The number of carbonyl (C=O) groups excluding carboxylic acids is 2. The fourth-order valence-electron chi connectivity index (χ4n) is 6.53. The summed E-state index contributed by atoms with van der Waals surface area (Å²) < 4.78 is 8.83. The molecule has 4 aromatic rings. The molecule has 258 valence electrons. The molecule has 2 amide bonds. The third-order valence-corrected chi connectivity index (χ3v) is 9.47. The van der Waals surface area contributed by atoms with E-state index in [4.69, 9.17) is 32.9 Å². The van der Waals surface area contributed by atoms with Gasteiger partial charge in [0.15, 0.2) is 5.15 Å². The number of hydrogen-bond donors (Lipinski definition) is 1. The van der Waals surface area contributed by atoms with Crippen LogP contribution in [0.15, 0.2) is 65.8 Å². The summed E-state index contributed by atoms with van der Waals surface area (Å²) in [4.78, 5) is 49.0. The molecule has 2 atom stereocenters. The van der Waals surface area contributed by atoms with E-state index in [0.717, 1.165) is 30.5 Å². The van der Waals surface area contributed by atoms with Crippen LogP contribution in [0.1, 0.15) is 58.9 Å². The highest BCUT2D eigenvalue weighted by Gasteiger charge is 2.37. The molecule has 12 nitrogen and oxygen atoms in total. The summed E-state index contributed by atoms with van der Waals surface area (Å²) in [5.74, 6) is -0.134. The van der Waals surface area contributed by atoms with E-state index in [0.29, 0.717) is 48.0 Å². The van der Waals surface area contributed by atoms with E-state index in [2.05, 4.69) is 22.6 Å². The van der Waals surface area contributed by atoms with Crippen LogP contribution in [-0.2, 0) is 15.1 Å². The summed E-state index contributed by atoms with van der Waals surface area (Å²) in [6, 6.07) is 14.1. The fraction of sp³-hybridized carbons (Fsp3) is 0.429. The predicted molar refractivity (Wildman–Crippen MR) is 188 cm³/mol. The van der Waals surface area contributed by atoms with Gasteiger partial charge in [-0.3, -0.25) is 14.2 Å². The van der Waals surface area contributed by atoms with Crippen molar-refractivity contribution in [1.82, 2.24) is 34.8 Å². The minimum atomic E-state index is -0.755. The Hall–Kier alpha value is -4.42. The van der Waals surface area contributed by atoms with Crippen molar-refractivity contribution < 1.29 is 14.3 Å². The van der Waals surface area contributed by atoms with Gasteiger partial charge in [-0.1, -0.05) is 53.4 Å². The number of rotatable bonds is 3. The molecule has 0 radical (unpaired) electrons. The van der Waals surface area contributed by atoms with Crippen molar-refractivity contribution in [3.05, 3.63) is 87.1 Å². The van der Waals surface area contributed by atoms with E-state index < -0.39 is 23.3 Å². The SMILES string of the molecule is CC(C)(C)OC(=O)N1CCN2c3cccc(c3)C(C)(n3cnc(-c4cc(Cl)ccc4-n4cc(Cl)nn4)cc3=O)CCCCCNC(=O)[C@@H]2C1. The second kappa shape index (κ2) is 13.8. The molecule has 0 spiro atoms. The molecule has 2 bridgehead atoms. The normalized spacial score (nSPS) is 20.4. The molecule has 0 aliphatic carbocycles. The van der Waals surface area contributed by atoms with Crippen molar-refractivity contribution in [3.63, 3.8) is 0 Å². The largest absolute Gasteiger partial charge is 0.444 e. The Labute approximate surface area is 295 Å². The van der Waals surface area contributed by atoms with Crippen LogP contribution in [0.25, 0.3) is 16.9 Å². The van der Waals surface area contributed by atoms with Crippen LogP contribution in [0.2, 0.25) is 10.2 Å². The number of fused-ring (bicyclic) bond motifs is 4. The number of anilines is 1. The molecular formula is C35H40Cl2N8O4. The lowest BCUT2D eigenvalue weighted by molar-refractivity contribution is -0.123. The first-order valence-corrected chi connectivity index (χ1v) is 17.2. The number of nitrogens with zero attached hydrogens (tertiary/aromatic N) is 7. The molecule has 2 aliphatic rings. The lowest BCUT2D eigenvalue weighted by Gasteiger charge is -2.42. The summed E-state index contributed by atoms with van der Waals surface area (Å²) in [6.45, 7) is 9.08. The predicted octanol–water partition coefficient (Wildman–Crippen LogP) is 5.68. The Balaban J connectivity index is 1.37. The molecule has 2 aromatic heterocycles. The van der Waals surface area contributed by atoms with Crippen molar-refractivity contribution in [2.45, 2.75) is 70.6 Å². The Morgan fingerprint density at radius 2 is 1.86 bits per heavy atom. The summed E-state index contributed by atoms with van der Waals surface area (Å²) in [6.07, 6.45) is 5.83. The van der Waals surface area contributed by atoms with Crippen molar-refractivity contribution in [1.29, 1.82) is 0 Å². The van der Waals surface area contributed by atoms with E-state index in [1.165, 1.54) is 10.7 Å². The van der Waals surface area contributed by atoms with Gasteiger partial charge in [-0.25, -0.2) is 14.5 Å². The second-order valence-corrected chi connectivity index (χ2v) is 14.5. The number of benzene rings is 2. The second-order valence-electron chi connectivity index (χ2n) is 13.7. The van der Waals surface area contributed by atoms with Crippen LogP contribution in [0.4, 0.5) is 10.5 Å². The van der Waals surface area contributed by atoms with Crippen LogP contribution in [0.3, 0.4) is 0 Å². The Bertz CT molecular complexity index is 1920. The number of carbonyl (C=O) groups is 2. The molecule has 1 N–H and O–H groups in total. The number of piperazine rings is 1. The minimum Gasteiger partial charge on any atom is -0.444 e. The van der Waals surface area contributed by atoms with Gasteiger partial charge in [0.2, 0.25) is 5.91 Å². The van der Waals surface area contributed by atoms with Gasteiger partial charge in [-0.2, -0.15) is 0 Å². The zero-order chi connectivity index (χ0) is 34.9. The van der Waals surface area contributed by atoms with Crippen LogP contribution in [-0.4, -0.2) is 79.3 Å². The molecule has 1 saturated heterocycles. The van der Waals surface area contributed by atoms with E-state index in [1.807, 2.05) is 49.9 Å². The highest BCUT2D eigenvalue weighted by atomic mass is 35.5. The van der Waals surface area contributed by atoms with E-state index >= 15 is 0 Å². The van der Waals surface area contributed by atoms with Gasteiger partial charge in [0, 0.05) is 42.0 Å². The monoisotopic (exact) mass is 706 g/mol. The van der Waals surface area contributed by atoms with E-state index in [9.17, 15) is 14.4 Å². The number of amides is 2. The molecule has 14 heteroatoms. The van der Waals surface area contributed by atoms with Gasteiger partial charge in [0.1, 0.15) is 11.6 Å². The molecule has 2 aliphatic heterocycles. The summed E-state index contributed by atoms with van der Waals surface area (Å²) in [5.41, 5.74) is 1.78. The van der Waals surface area contributed by atoms with Crippen molar-refractivity contribution in [2.24, 2.45) is 0 Å². The number of halogens is 2. The van der Waals surface area contributed by atoms with Gasteiger partial charge in [0.25, 0.3) is 5.56 Å². The molecule has 0 saturated carbocycles. The standard InChI is InChI=1S/C35H40Cl2N8O4/c1-34(2,3)49-33(48)42-15-16-43-25-10-8-9-23(17-25)35(4,13-6-5-7-14-38-32(47)29(43)20-42)44-22-39-27(19-31(44)46)26-18-24(36)11-12-28(26)45-21-30(37)40-41-45/h8-12,17-19,21-22,29H,5-7,13-16,20H2,1-4H3,(H,38,47)/t29-,35?/m0/s1. The van der Waals surface area contributed by atoms with Crippen LogP contribution >= 0.6 is 23.2 Å². The first-order valence-electron chi connectivity index (χ1n) is 16.4. The molecule has 1 unspecified atom stereocenters. The minimum absolute atomic E-state index is 0.134. The highest BCUT2D eigenvalue weighted by molar-refractivity contribution is 6.31. The zero-order valence-corrected chi connectivity index (χ0v) is 29.5. The summed E-state index contributed by atoms with van der Waals surface area (Å²) >= 11 is 12.4. The Morgan fingerprint density at radius 1 is 1.04 bits per heavy atom. The molecule has 49 heavy (non-hydrogen) atoms.